The third-order valence-corrected chi connectivity index (χ3v) is 3.75. The zero-order chi connectivity index (χ0) is 14.7. The van der Waals surface area contributed by atoms with Gasteiger partial charge in [-0.1, -0.05) is 6.92 Å². The van der Waals surface area contributed by atoms with Gasteiger partial charge in [0.15, 0.2) is 5.82 Å². The fourth-order valence-corrected chi connectivity index (χ4v) is 2.40. The number of hydrogen-bond donors (Lipinski definition) is 1. The van der Waals surface area contributed by atoms with Gasteiger partial charge in [-0.2, -0.15) is 10.1 Å². The minimum Gasteiger partial charge on any atom is -0.355 e. The molecule has 0 amide bonds. The van der Waals surface area contributed by atoms with Gasteiger partial charge in [0.05, 0.1) is 6.20 Å². The quantitative estimate of drug-likeness (QED) is 0.940. The van der Waals surface area contributed by atoms with E-state index in [1.165, 1.54) is 25.0 Å². The van der Waals surface area contributed by atoms with Crippen LogP contribution in [0.3, 0.4) is 0 Å². The Hall–Kier alpha value is -2.24. The number of nitrogens with one attached hydrogen (secondary N) is 1. The highest BCUT2D eigenvalue weighted by atomic mass is 19.1. The van der Waals surface area contributed by atoms with Gasteiger partial charge < -0.3 is 10.2 Å². The first kappa shape index (κ1) is 13.7. The number of anilines is 3. The van der Waals surface area contributed by atoms with Crippen LogP contribution >= 0.6 is 0 Å². The van der Waals surface area contributed by atoms with Gasteiger partial charge in [-0.15, -0.1) is 5.10 Å². The molecule has 1 aliphatic rings. The topological polar surface area (TPSA) is 53.9 Å². The highest BCUT2D eigenvalue weighted by molar-refractivity contribution is 5.54. The molecule has 110 valence electrons. The molecule has 2 aromatic rings. The van der Waals surface area contributed by atoms with Gasteiger partial charge in [0.1, 0.15) is 5.82 Å². The SMILES string of the molecule is CC1CCN(c2cnnc(Nc3ccc(F)cc3)n2)CC1. The summed E-state index contributed by atoms with van der Waals surface area (Å²) in [5.74, 6) is 1.77. The van der Waals surface area contributed by atoms with Crippen molar-refractivity contribution < 1.29 is 4.39 Å². The lowest BCUT2D eigenvalue weighted by atomic mass is 9.99. The van der Waals surface area contributed by atoms with E-state index >= 15 is 0 Å². The Bertz CT molecular complexity index is 593. The summed E-state index contributed by atoms with van der Waals surface area (Å²) in [6, 6.07) is 6.08. The van der Waals surface area contributed by atoms with Gasteiger partial charge in [-0.3, -0.25) is 0 Å². The monoisotopic (exact) mass is 287 g/mol. The van der Waals surface area contributed by atoms with E-state index in [2.05, 4.69) is 32.3 Å². The Morgan fingerprint density at radius 1 is 1.19 bits per heavy atom. The summed E-state index contributed by atoms with van der Waals surface area (Å²) in [7, 11) is 0. The van der Waals surface area contributed by atoms with E-state index in [1.54, 1.807) is 18.3 Å². The van der Waals surface area contributed by atoms with Crippen molar-refractivity contribution in [2.24, 2.45) is 5.92 Å². The molecule has 21 heavy (non-hydrogen) atoms. The van der Waals surface area contributed by atoms with E-state index in [-0.39, 0.29) is 5.82 Å². The second kappa shape index (κ2) is 6.03. The Kier molecular flexibility index (Phi) is 3.94. The zero-order valence-electron chi connectivity index (χ0n) is 12.0. The molecule has 1 fully saturated rings. The molecule has 6 heteroatoms. The molecule has 1 aromatic heterocycles. The van der Waals surface area contributed by atoms with Gasteiger partial charge in [-0.05, 0) is 43.0 Å². The molecule has 1 aliphatic heterocycles. The van der Waals surface area contributed by atoms with Crippen molar-refractivity contribution in [2.75, 3.05) is 23.3 Å². The molecule has 1 aromatic carbocycles. The second-order valence-electron chi connectivity index (χ2n) is 5.44. The van der Waals surface area contributed by atoms with Crippen molar-refractivity contribution >= 4 is 17.5 Å². The van der Waals surface area contributed by atoms with Crippen molar-refractivity contribution in [1.29, 1.82) is 0 Å². The van der Waals surface area contributed by atoms with Crippen LogP contribution in [0.4, 0.5) is 21.8 Å². The number of aromatic nitrogens is 3. The van der Waals surface area contributed by atoms with Crippen LogP contribution in [0.25, 0.3) is 0 Å². The molecule has 1 saturated heterocycles. The first-order chi connectivity index (χ1) is 10.2. The van der Waals surface area contributed by atoms with E-state index in [4.69, 9.17) is 0 Å². The van der Waals surface area contributed by atoms with Gasteiger partial charge in [0, 0.05) is 18.8 Å². The van der Waals surface area contributed by atoms with Crippen LogP contribution < -0.4 is 10.2 Å². The summed E-state index contributed by atoms with van der Waals surface area (Å²) < 4.78 is 12.9. The van der Waals surface area contributed by atoms with E-state index in [0.29, 0.717) is 5.95 Å². The van der Waals surface area contributed by atoms with Crippen LogP contribution in [0.5, 0.6) is 0 Å². The molecule has 0 radical (unpaired) electrons. The molecule has 0 bridgehead atoms. The molecule has 0 unspecified atom stereocenters. The Balaban J connectivity index is 1.72. The van der Waals surface area contributed by atoms with Crippen LogP contribution in [0.2, 0.25) is 0 Å². The molecular weight excluding hydrogens is 269 g/mol. The molecule has 1 N–H and O–H groups in total. The minimum absolute atomic E-state index is 0.268. The minimum atomic E-state index is -0.268. The molecule has 2 heterocycles. The van der Waals surface area contributed by atoms with E-state index in [9.17, 15) is 4.39 Å². The van der Waals surface area contributed by atoms with Crippen molar-refractivity contribution in [3.63, 3.8) is 0 Å². The Morgan fingerprint density at radius 2 is 1.90 bits per heavy atom. The fraction of sp³-hybridized carbons (Fsp3) is 0.400. The van der Waals surface area contributed by atoms with E-state index in [0.717, 1.165) is 30.5 Å². The number of piperidine rings is 1. The van der Waals surface area contributed by atoms with E-state index < -0.39 is 0 Å². The van der Waals surface area contributed by atoms with E-state index in [1.807, 2.05) is 0 Å². The smallest absolute Gasteiger partial charge is 0.249 e. The zero-order valence-corrected chi connectivity index (χ0v) is 12.0. The van der Waals surface area contributed by atoms with Gasteiger partial charge in [0.2, 0.25) is 5.95 Å². The number of rotatable bonds is 3. The first-order valence-corrected chi connectivity index (χ1v) is 7.18. The number of halogens is 1. The van der Waals surface area contributed by atoms with Crippen molar-refractivity contribution in [2.45, 2.75) is 19.8 Å². The summed E-state index contributed by atoms with van der Waals surface area (Å²) in [6.45, 7) is 4.27. The normalized spacial score (nSPS) is 16.0. The molecular formula is C15H18FN5. The third-order valence-electron chi connectivity index (χ3n) is 3.75. The second-order valence-corrected chi connectivity index (χ2v) is 5.44. The lowest BCUT2D eigenvalue weighted by Gasteiger charge is -2.30. The average molecular weight is 287 g/mol. The first-order valence-electron chi connectivity index (χ1n) is 7.18. The predicted molar refractivity (Wildman–Crippen MR) is 80.1 cm³/mol. The largest absolute Gasteiger partial charge is 0.355 e. The molecule has 3 rings (SSSR count). The maximum atomic E-state index is 12.9. The van der Waals surface area contributed by atoms with Crippen LogP contribution in [0.1, 0.15) is 19.8 Å². The summed E-state index contributed by atoms with van der Waals surface area (Å²) in [4.78, 5) is 6.71. The van der Waals surface area contributed by atoms with Crippen LogP contribution in [0.15, 0.2) is 30.5 Å². The fourth-order valence-electron chi connectivity index (χ4n) is 2.40. The molecule has 0 atom stereocenters. The lowest BCUT2D eigenvalue weighted by Crippen LogP contribution is -2.33. The molecule has 0 spiro atoms. The number of nitrogens with zero attached hydrogens (tertiary/aromatic N) is 4. The van der Waals surface area contributed by atoms with Crippen LogP contribution in [0, 0.1) is 11.7 Å². The maximum absolute atomic E-state index is 12.9. The lowest BCUT2D eigenvalue weighted by molar-refractivity contribution is 0.436. The molecule has 5 nitrogen and oxygen atoms in total. The Morgan fingerprint density at radius 3 is 2.62 bits per heavy atom. The summed E-state index contributed by atoms with van der Waals surface area (Å²) >= 11 is 0. The van der Waals surface area contributed by atoms with Gasteiger partial charge >= 0.3 is 0 Å². The van der Waals surface area contributed by atoms with Crippen LogP contribution in [-0.2, 0) is 0 Å². The van der Waals surface area contributed by atoms with Gasteiger partial charge in [0.25, 0.3) is 0 Å². The summed E-state index contributed by atoms with van der Waals surface area (Å²) in [6.07, 6.45) is 4.03. The number of hydrogen-bond acceptors (Lipinski definition) is 5. The van der Waals surface area contributed by atoms with Crippen molar-refractivity contribution in [3.05, 3.63) is 36.3 Å². The predicted octanol–water partition coefficient (Wildman–Crippen LogP) is 2.99. The average Bonchev–Trinajstić information content (AvgIpc) is 2.51. The maximum Gasteiger partial charge on any atom is 0.249 e. The van der Waals surface area contributed by atoms with Gasteiger partial charge in [-0.25, -0.2) is 4.39 Å². The van der Waals surface area contributed by atoms with Crippen molar-refractivity contribution in [1.82, 2.24) is 15.2 Å². The standard InChI is InChI=1S/C15H18FN5/c1-11-6-8-21(9-7-11)14-10-17-20-15(19-14)18-13-4-2-12(16)3-5-13/h2-5,10-11H,6-9H2,1H3,(H,18,19,20). The highest BCUT2D eigenvalue weighted by Gasteiger charge is 2.17. The summed E-state index contributed by atoms with van der Waals surface area (Å²) in [5.41, 5.74) is 0.739. The number of benzene rings is 1. The molecule has 0 aliphatic carbocycles. The Labute approximate surface area is 123 Å². The summed E-state index contributed by atoms with van der Waals surface area (Å²) in [5, 5.41) is 11.0. The van der Waals surface area contributed by atoms with Crippen molar-refractivity contribution in [3.8, 4) is 0 Å². The molecule has 0 saturated carbocycles. The highest BCUT2D eigenvalue weighted by Crippen LogP contribution is 2.21. The van der Waals surface area contributed by atoms with Crippen LogP contribution in [-0.4, -0.2) is 28.3 Å². The third kappa shape index (κ3) is 3.45.